The third-order valence-corrected chi connectivity index (χ3v) is 5.46. The number of aryl methyl sites for hydroxylation is 1. The zero-order valence-corrected chi connectivity index (χ0v) is 13.7. The molecule has 23 heavy (non-hydrogen) atoms. The molecule has 2 atom stereocenters. The Labute approximate surface area is 135 Å². The van der Waals surface area contributed by atoms with E-state index in [0.717, 1.165) is 25.7 Å². The van der Waals surface area contributed by atoms with Crippen molar-refractivity contribution >= 4 is 5.91 Å². The number of hydrogen-bond donors (Lipinski definition) is 0. The number of aromatic nitrogens is 1. The second-order valence-electron chi connectivity index (χ2n) is 6.92. The molecule has 0 aromatic carbocycles. The minimum absolute atomic E-state index is 0.00444. The fraction of sp³-hybridized carbons (Fsp3) is 0.556. The van der Waals surface area contributed by atoms with Gasteiger partial charge in [-0.1, -0.05) is 11.1 Å². The molecule has 4 rings (SSSR count). The Morgan fingerprint density at radius 1 is 1.17 bits per heavy atom. The first-order chi connectivity index (χ1) is 11.1. The quantitative estimate of drug-likeness (QED) is 0.787. The predicted octanol–water partition coefficient (Wildman–Crippen LogP) is 2.25. The molecule has 5 heteroatoms. The summed E-state index contributed by atoms with van der Waals surface area (Å²) in [6, 6.07) is 2.02. The van der Waals surface area contributed by atoms with Crippen molar-refractivity contribution in [2.24, 2.45) is 7.05 Å². The van der Waals surface area contributed by atoms with E-state index >= 15 is 0 Å². The van der Waals surface area contributed by atoms with Crippen molar-refractivity contribution in [2.75, 3.05) is 7.11 Å². The van der Waals surface area contributed by atoms with Crippen LogP contribution in [0, 0.1) is 0 Å². The van der Waals surface area contributed by atoms with E-state index in [1.54, 1.807) is 24.4 Å². The number of pyridine rings is 1. The van der Waals surface area contributed by atoms with Crippen LogP contribution in [-0.2, 0) is 7.05 Å². The highest BCUT2D eigenvalue weighted by atomic mass is 16.5. The van der Waals surface area contributed by atoms with Crippen molar-refractivity contribution in [3.8, 4) is 5.75 Å². The van der Waals surface area contributed by atoms with Crippen LogP contribution in [0.3, 0.4) is 0 Å². The summed E-state index contributed by atoms with van der Waals surface area (Å²) in [6.45, 7) is 0. The minimum Gasteiger partial charge on any atom is -0.496 e. The van der Waals surface area contributed by atoms with Crippen LogP contribution in [0.5, 0.6) is 5.75 Å². The molecule has 2 unspecified atom stereocenters. The average molecular weight is 314 g/mol. The van der Waals surface area contributed by atoms with Gasteiger partial charge < -0.3 is 14.2 Å². The lowest BCUT2D eigenvalue weighted by Crippen LogP contribution is -2.45. The molecule has 1 aliphatic carbocycles. The Morgan fingerprint density at radius 2 is 1.83 bits per heavy atom. The molecule has 122 valence electrons. The van der Waals surface area contributed by atoms with Gasteiger partial charge in [0.15, 0.2) is 0 Å². The highest BCUT2D eigenvalue weighted by molar-refractivity contribution is 5.97. The Hall–Kier alpha value is -2.04. The fourth-order valence-corrected chi connectivity index (χ4v) is 4.13. The van der Waals surface area contributed by atoms with Gasteiger partial charge in [0.05, 0.1) is 12.7 Å². The number of carbonyl (C=O) groups excluding carboxylic acids is 1. The highest BCUT2D eigenvalue weighted by Gasteiger charge is 2.43. The maximum atomic E-state index is 13.1. The van der Waals surface area contributed by atoms with E-state index < -0.39 is 0 Å². The molecule has 1 saturated carbocycles. The summed E-state index contributed by atoms with van der Waals surface area (Å²) in [6.07, 6.45) is 8.37. The summed E-state index contributed by atoms with van der Waals surface area (Å²) in [5.74, 6) is 0.383. The molecule has 5 nitrogen and oxygen atoms in total. The highest BCUT2D eigenvalue weighted by Crippen LogP contribution is 2.45. The lowest BCUT2D eigenvalue weighted by molar-refractivity contribution is 0.0630. The molecule has 1 amide bonds. The summed E-state index contributed by atoms with van der Waals surface area (Å²) in [4.78, 5) is 26.9. The number of fused-ring (bicyclic) bond motifs is 2. The van der Waals surface area contributed by atoms with E-state index in [0.29, 0.717) is 23.4 Å². The fourth-order valence-electron chi connectivity index (χ4n) is 4.13. The zero-order valence-electron chi connectivity index (χ0n) is 13.7. The SMILES string of the molecule is COc1cc(=O)n(C)cc1C(=O)N1C2CCC1CC(=C1CC1)C2. The molecule has 0 radical (unpaired) electrons. The van der Waals surface area contributed by atoms with Crippen LogP contribution >= 0.6 is 0 Å². The smallest absolute Gasteiger partial charge is 0.259 e. The molecule has 3 heterocycles. The van der Waals surface area contributed by atoms with Crippen molar-refractivity contribution in [2.45, 2.75) is 50.6 Å². The van der Waals surface area contributed by atoms with Gasteiger partial charge in [0.1, 0.15) is 5.75 Å². The first kappa shape index (κ1) is 14.5. The first-order valence-corrected chi connectivity index (χ1v) is 8.35. The normalized spacial score (nSPS) is 25.7. The van der Waals surface area contributed by atoms with Crippen LogP contribution in [0.25, 0.3) is 0 Å². The Morgan fingerprint density at radius 3 is 2.39 bits per heavy atom. The first-order valence-electron chi connectivity index (χ1n) is 8.35. The van der Waals surface area contributed by atoms with Crippen LogP contribution in [0.1, 0.15) is 48.9 Å². The van der Waals surface area contributed by atoms with E-state index in [1.807, 2.05) is 0 Å². The number of piperidine rings is 1. The number of carbonyl (C=O) groups is 1. The minimum atomic E-state index is -0.166. The molecule has 3 fully saturated rings. The molecule has 0 N–H and O–H groups in total. The molecule has 2 saturated heterocycles. The summed E-state index contributed by atoms with van der Waals surface area (Å²) in [5, 5.41) is 0. The van der Waals surface area contributed by atoms with Gasteiger partial charge in [0, 0.05) is 31.4 Å². The van der Waals surface area contributed by atoms with Crippen molar-refractivity contribution < 1.29 is 9.53 Å². The molecule has 1 aromatic heterocycles. The van der Waals surface area contributed by atoms with Crippen LogP contribution in [-0.4, -0.2) is 34.6 Å². The number of ether oxygens (including phenoxy) is 1. The summed E-state index contributed by atoms with van der Waals surface area (Å²) >= 11 is 0. The van der Waals surface area contributed by atoms with Crippen LogP contribution in [0.4, 0.5) is 0 Å². The van der Waals surface area contributed by atoms with Crippen LogP contribution in [0.15, 0.2) is 28.2 Å². The van der Waals surface area contributed by atoms with Crippen LogP contribution in [0.2, 0.25) is 0 Å². The van der Waals surface area contributed by atoms with Gasteiger partial charge in [-0.3, -0.25) is 9.59 Å². The Balaban J connectivity index is 1.67. The predicted molar refractivity (Wildman–Crippen MR) is 86.7 cm³/mol. The van der Waals surface area contributed by atoms with Crippen LogP contribution < -0.4 is 10.3 Å². The lowest BCUT2D eigenvalue weighted by Gasteiger charge is -2.36. The van der Waals surface area contributed by atoms with Crippen molar-refractivity contribution in [1.82, 2.24) is 9.47 Å². The van der Waals surface area contributed by atoms with E-state index in [2.05, 4.69) is 4.90 Å². The molecule has 0 spiro atoms. The maximum Gasteiger partial charge on any atom is 0.259 e. The standard InChI is InChI=1S/C18H22N2O3/c1-19-10-15(16(23-2)9-17(19)21)18(22)20-13-5-6-14(20)8-12(7-13)11-3-4-11/h9-10,13-14H,3-8H2,1-2H3. The summed E-state index contributed by atoms with van der Waals surface area (Å²) < 4.78 is 6.73. The third kappa shape index (κ3) is 2.38. The molecule has 2 bridgehead atoms. The van der Waals surface area contributed by atoms with E-state index in [1.165, 1.54) is 30.6 Å². The zero-order chi connectivity index (χ0) is 16.1. The number of amides is 1. The Bertz CT molecular complexity index is 740. The van der Waals surface area contributed by atoms with Gasteiger partial charge in [0.25, 0.3) is 11.5 Å². The Kier molecular flexibility index (Phi) is 3.32. The molecule has 3 aliphatic rings. The van der Waals surface area contributed by atoms with Gasteiger partial charge in [0.2, 0.25) is 0 Å². The molecule has 2 aliphatic heterocycles. The van der Waals surface area contributed by atoms with Crippen molar-refractivity contribution in [3.05, 3.63) is 39.3 Å². The van der Waals surface area contributed by atoms with Gasteiger partial charge in [-0.25, -0.2) is 0 Å². The summed E-state index contributed by atoms with van der Waals surface area (Å²) in [5.41, 5.74) is 3.57. The van der Waals surface area contributed by atoms with Crippen molar-refractivity contribution in [3.63, 3.8) is 0 Å². The second-order valence-corrected chi connectivity index (χ2v) is 6.92. The van der Waals surface area contributed by atoms with Gasteiger partial charge >= 0.3 is 0 Å². The number of allylic oxidation sites excluding steroid dienone is 1. The average Bonchev–Trinajstić information content (AvgIpc) is 3.35. The molecular weight excluding hydrogens is 292 g/mol. The lowest BCUT2D eigenvalue weighted by atomic mass is 9.95. The third-order valence-electron chi connectivity index (χ3n) is 5.46. The number of nitrogens with zero attached hydrogens (tertiary/aromatic N) is 2. The monoisotopic (exact) mass is 314 g/mol. The maximum absolute atomic E-state index is 13.1. The number of rotatable bonds is 2. The van der Waals surface area contributed by atoms with Crippen molar-refractivity contribution in [1.29, 1.82) is 0 Å². The largest absolute Gasteiger partial charge is 0.496 e. The van der Waals surface area contributed by atoms with Gasteiger partial charge in [-0.05, 0) is 38.5 Å². The van der Waals surface area contributed by atoms with E-state index in [-0.39, 0.29) is 11.5 Å². The van der Waals surface area contributed by atoms with Gasteiger partial charge in [-0.15, -0.1) is 0 Å². The van der Waals surface area contributed by atoms with E-state index in [9.17, 15) is 9.59 Å². The molecule has 1 aromatic rings. The second kappa shape index (κ2) is 5.25. The number of hydrogen-bond acceptors (Lipinski definition) is 3. The topological polar surface area (TPSA) is 51.5 Å². The van der Waals surface area contributed by atoms with Gasteiger partial charge in [-0.2, -0.15) is 0 Å². The van der Waals surface area contributed by atoms with E-state index in [4.69, 9.17) is 4.74 Å². The molecular formula is C18H22N2O3. The number of methoxy groups -OCH3 is 1. The summed E-state index contributed by atoms with van der Waals surface area (Å²) in [7, 11) is 3.17.